The van der Waals surface area contributed by atoms with Gasteiger partial charge >= 0.3 is 5.97 Å². The maximum absolute atomic E-state index is 13.3. The molecule has 0 unspecified atom stereocenters. The zero-order chi connectivity index (χ0) is 22.9. The fourth-order valence-electron chi connectivity index (χ4n) is 8.79. The van der Waals surface area contributed by atoms with E-state index < -0.39 is 11.6 Å². The molecule has 0 spiro atoms. The van der Waals surface area contributed by atoms with E-state index in [1.807, 2.05) is 6.92 Å². The number of rotatable bonds is 4. The number of carbonyl (C=O) groups excluding carboxylic acids is 1. The van der Waals surface area contributed by atoms with Crippen LogP contribution in [0.15, 0.2) is 12.4 Å². The van der Waals surface area contributed by atoms with Crippen molar-refractivity contribution in [2.45, 2.75) is 90.7 Å². The largest absolute Gasteiger partial charge is 0.478 e. The number of hydrogen-bond donors (Lipinski definition) is 2. The molecular weight excluding hydrogens is 404 g/mol. The maximum atomic E-state index is 13.3. The smallest absolute Gasteiger partial charge is 0.338 e. The molecule has 8 atom stereocenters. The summed E-state index contributed by atoms with van der Waals surface area (Å²) in [6, 6.07) is 0. The zero-order valence-corrected chi connectivity index (χ0v) is 19.7. The summed E-state index contributed by atoms with van der Waals surface area (Å²) in [5.41, 5.74) is 0.00423. The molecule has 6 nitrogen and oxygen atoms in total. The Hall–Kier alpha value is -1.69. The molecule has 4 aliphatic rings. The molecule has 0 bridgehead atoms. The van der Waals surface area contributed by atoms with Crippen LogP contribution >= 0.6 is 0 Å². The predicted molar refractivity (Wildman–Crippen MR) is 120 cm³/mol. The lowest BCUT2D eigenvalue weighted by molar-refractivity contribution is -0.151. The second-order valence-electron chi connectivity index (χ2n) is 12.2. The second kappa shape index (κ2) is 7.41. The summed E-state index contributed by atoms with van der Waals surface area (Å²) in [5.74, 6) is 1.88. The van der Waals surface area contributed by atoms with E-state index in [0.717, 1.165) is 38.5 Å². The number of aromatic carboxylic acids is 1. The number of nitrogens with zero attached hydrogens (tertiary/aromatic N) is 2. The second-order valence-corrected chi connectivity index (χ2v) is 12.2. The molecule has 32 heavy (non-hydrogen) atoms. The minimum Gasteiger partial charge on any atom is -0.478 e. The molecular formula is C26H38N2O4. The molecule has 0 amide bonds. The van der Waals surface area contributed by atoms with Crippen LogP contribution in [-0.2, 0) is 11.3 Å². The van der Waals surface area contributed by atoms with Gasteiger partial charge in [-0.15, -0.1) is 0 Å². The van der Waals surface area contributed by atoms with E-state index in [1.165, 1.54) is 36.3 Å². The van der Waals surface area contributed by atoms with Gasteiger partial charge < -0.3 is 10.2 Å². The van der Waals surface area contributed by atoms with Crippen LogP contribution in [0.4, 0.5) is 0 Å². The van der Waals surface area contributed by atoms with Gasteiger partial charge in [-0.25, -0.2) is 4.79 Å². The molecule has 1 heterocycles. The average molecular weight is 443 g/mol. The standard InChI is InChI=1S/C26H38N2O4/c1-24(32)10-11-25(2)17(12-24)4-5-18-19-6-7-21(26(19,3)9-8-20(18)25)22(29)15-28-14-16(13-27-28)23(30)31/h13-14,17-21,32H,4-12,15H2,1-3H3,(H,30,31)/t17-,18+,19+,20+,21-,24-,25+,26+/m1/s1. The van der Waals surface area contributed by atoms with Crippen molar-refractivity contribution in [3.05, 3.63) is 18.0 Å². The first-order valence-corrected chi connectivity index (χ1v) is 12.5. The average Bonchev–Trinajstić information content (AvgIpc) is 3.32. The van der Waals surface area contributed by atoms with Crippen molar-refractivity contribution >= 4 is 11.8 Å². The quantitative estimate of drug-likeness (QED) is 0.713. The van der Waals surface area contributed by atoms with Gasteiger partial charge in [0.1, 0.15) is 0 Å². The molecule has 0 radical (unpaired) electrons. The topological polar surface area (TPSA) is 92.4 Å². The van der Waals surface area contributed by atoms with Crippen molar-refractivity contribution in [3.8, 4) is 0 Å². The van der Waals surface area contributed by atoms with Crippen LogP contribution in [0.5, 0.6) is 0 Å². The van der Waals surface area contributed by atoms with Crippen LogP contribution in [0.1, 0.15) is 88.9 Å². The van der Waals surface area contributed by atoms with E-state index in [1.54, 1.807) is 0 Å². The highest BCUT2D eigenvalue weighted by molar-refractivity contribution is 5.87. The van der Waals surface area contributed by atoms with Crippen molar-refractivity contribution in [2.24, 2.45) is 40.4 Å². The number of hydrogen-bond acceptors (Lipinski definition) is 4. The third-order valence-electron chi connectivity index (χ3n) is 10.5. The van der Waals surface area contributed by atoms with Gasteiger partial charge in [-0.05, 0) is 99.2 Å². The van der Waals surface area contributed by atoms with Gasteiger partial charge in [0.05, 0.1) is 23.9 Å². The van der Waals surface area contributed by atoms with Crippen LogP contribution < -0.4 is 0 Å². The number of carbonyl (C=O) groups is 2. The third kappa shape index (κ3) is 3.36. The van der Waals surface area contributed by atoms with E-state index in [2.05, 4.69) is 18.9 Å². The summed E-state index contributed by atoms with van der Waals surface area (Å²) in [4.78, 5) is 24.5. The molecule has 0 saturated heterocycles. The Morgan fingerprint density at radius 2 is 1.78 bits per heavy atom. The van der Waals surface area contributed by atoms with Gasteiger partial charge in [0, 0.05) is 12.1 Å². The van der Waals surface area contributed by atoms with Gasteiger partial charge in [0.2, 0.25) is 0 Å². The van der Waals surface area contributed by atoms with Crippen LogP contribution in [0.2, 0.25) is 0 Å². The summed E-state index contributed by atoms with van der Waals surface area (Å²) in [5, 5.41) is 23.9. The molecule has 176 valence electrons. The lowest BCUT2D eigenvalue weighted by Gasteiger charge is -2.61. The van der Waals surface area contributed by atoms with Gasteiger partial charge in [-0.1, -0.05) is 13.8 Å². The Morgan fingerprint density at radius 3 is 2.50 bits per heavy atom. The number of carboxylic acid groups (broad SMARTS) is 1. The molecule has 5 rings (SSSR count). The van der Waals surface area contributed by atoms with E-state index in [0.29, 0.717) is 29.1 Å². The monoisotopic (exact) mass is 442 g/mol. The number of carboxylic acids is 1. The fourth-order valence-corrected chi connectivity index (χ4v) is 8.79. The first kappa shape index (κ1) is 22.1. The van der Waals surface area contributed by atoms with Crippen LogP contribution in [0.25, 0.3) is 0 Å². The minimum atomic E-state index is -1.01. The van der Waals surface area contributed by atoms with E-state index in [9.17, 15) is 14.7 Å². The van der Waals surface area contributed by atoms with E-state index in [-0.39, 0.29) is 29.2 Å². The van der Waals surface area contributed by atoms with Gasteiger partial charge in [0.15, 0.2) is 5.78 Å². The molecule has 6 heteroatoms. The Kier molecular flexibility index (Phi) is 5.12. The Labute approximate surface area is 190 Å². The SMILES string of the molecule is C[C@@]1(O)CC[C@@]2(C)[C@H](CC[C@@H]3[C@@H]2CC[C@]2(C)[C@@H](C(=O)Cn4cc(C(=O)O)cn4)CC[C@@H]32)C1. The summed E-state index contributed by atoms with van der Waals surface area (Å²) in [6.07, 6.45) is 12.6. The molecule has 4 saturated carbocycles. The van der Waals surface area contributed by atoms with Crippen LogP contribution in [-0.4, -0.2) is 37.3 Å². The summed E-state index contributed by atoms with van der Waals surface area (Å²) in [6.45, 7) is 7.04. The highest BCUT2D eigenvalue weighted by Gasteiger charge is 2.61. The Bertz CT molecular complexity index is 923. The number of aliphatic hydroxyl groups is 1. The molecule has 1 aromatic rings. The highest BCUT2D eigenvalue weighted by atomic mass is 16.4. The van der Waals surface area contributed by atoms with Crippen LogP contribution in [0, 0.1) is 40.4 Å². The van der Waals surface area contributed by atoms with Crippen molar-refractivity contribution < 1.29 is 19.8 Å². The zero-order valence-electron chi connectivity index (χ0n) is 19.7. The van der Waals surface area contributed by atoms with Crippen molar-refractivity contribution in [1.82, 2.24) is 9.78 Å². The van der Waals surface area contributed by atoms with Crippen molar-refractivity contribution in [3.63, 3.8) is 0 Å². The third-order valence-corrected chi connectivity index (χ3v) is 10.5. The normalized spacial score (nSPS) is 45.6. The molecule has 2 N–H and O–H groups in total. The van der Waals surface area contributed by atoms with Gasteiger partial charge in [-0.2, -0.15) is 5.10 Å². The van der Waals surface area contributed by atoms with E-state index in [4.69, 9.17) is 5.11 Å². The number of Topliss-reactive ketones (excluding diaryl/α,β-unsaturated/α-hetero) is 1. The Balaban J connectivity index is 1.32. The summed E-state index contributed by atoms with van der Waals surface area (Å²) >= 11 is 0. The summed E-state index contributed by atoms with van der Waals surface area (Å²) < 4.78 is 1.49. The fraction of sp³-hybridized carbons (Fsp3) is 0.808. The first-order chi connectivity index (χ1) is 15.0. The minimum absolute atomic E-state index is 0.0450. The van der Waals surface area contributed by atoms with E-state index >= 15 is 0 Å². The lowest BCUT2D eigenvalue weighted by atomic mass is 9.44. The highest BCUT2D eigenvalue weighted by Crippen LogP contribution is 2.68. The number of ketones is 1. The molecule has 1 aromatic heterocycles. The first-order valence-electron chi connectivity index (χ1n) is 12.5. The van der Waals surface area contributed by atoms with Crippen molar-refractivity contribution in [1.29, 1.82) is 0 Å². The van der Waals surface area contributed by atoms with Crippen molar-refractivity contribution in [2.75, 3.05) is 0 Å². The molecule has 0 aliphatic heterocycles. The lowest BCUT2D eigenvalue weighted by Crippen LogP contribution is -2.55. The van der Waals surface area contributed by atoms with Crippen LogP contribution in [0.3, 0.4) is 0 Å². The van der Waals surface area contributed by atoms with Gasteiger partial charge in [-0.3, -0.25) is 9.48 Å². The van der Waals surface area contributed by atoms with Gasteiger partial charge in [0.25, 0.3) is 0 Å². The number of fused-ring (bicyclic) bond motifs is 5. The summed E-state index contributed by atoms with van der Waals surface area (Å²) in [7, 11) is 0. The number of aromatic nitrogens is 2. The molecule has 4 aliphatic carbocycles. The molecule has 4 fully saturated rings. The maximum Gasteiger partial charge on any atom is 0.338 e. The molecule has 0 aromatic carbocycles. The Morgan fingerprint density at radius 1 is 1.03 bits per heavy atom. The predicted octanol–water partition coefficient (Wildman–Crippen LogP) is 4.56.